The third kappa shape index (κ3) is 3.33. The molecule has 1 aromatic carbocycles. The molecule has 0 aliphatic carbocycles. The van der Waals surface area contributed by atoms with Crippen LogP contribution >= 0.6 is 0 Å². The largest absolute Gasteiger partial charge is 0.485 e. The molecule has 0 spiro atoms. The highest BCUT2D eigenvalue weighted by Gasteiger charge is 2.13. The predicted molar refractivity (Wildman–Crippen MR) is 69.8 cm³/mol. The van der Waals surface area contributed by atoms with Gasteiger partial charge in [-0.25, -0.2) is 4.39 Å². The Morgan fingerprint density at radius 3 is 2.70 bits per heavy atom. The average molecular weight is 280 g/mol. The maximum atomic E-state index is 13.2. The molecule has 0 fully saturated rings. The normalized spacial score (nSPS) is 12.7. The van der Waals surface area contributed by atoms with Gasteiger partial charge >= 0.3 is 0 Å². The van der Waals surface area contributed by atoms with E-state index in [4.69, 9.17) is 9.26 Å². The third-order valence-corrected chi connectivity index (χ3v) is 2.76. The number of hydrogen-bond acceptors (Lipinski definition) is 5. The number of ether oxygens (including phenoxy) is 1. The Morgan fingerprint density at radius 2 is 2.10 bits per heavy atom. The van der Waals surface area contributed by atoms with Crippen molar-refractivity contribution in [2.45, 2.75) is 39.4 Å². The number of benzene rings is 1. The summed E-state index contributed by atoms with van der Waals surface area (Å²) in [5.41, 5.74) is 0.387. The molecule has 0 saturated carbocycles. The van der Waals surface area contributed by atoms with Crippen LogP contribution in [0, 0.1) is 5.82 Å². The van der Waals surface area contributed by atoms with E-state index in [0.29, 0.717) is 23.0 Å². The van der Waals surface area contributed by atoms with Crippen LogP contribution in [0.2, 0.25) is 0 Å². The maximum absolute atomic E-state index is 13.2. The number of nitrogens with zero attached hydrogens (tertiary/aromatic N) is 2. The molecule has 2 aromatic rings. The molecule has 1 aromatic heterocycles. The Kier molecular flexibility index (Phi) is 4.34. The molecular formula is C14H17FN2O3. The van der Waals surface area contributed by atoms with Gasteiger partial charge in [0.1, 0.15) is 11.6 Å². The third-order valence-electron chi connectivity index (χ3n) is 2.76. The van der Waals surface area contributed by atoms with E-state index in [-0.39, 0.29) is 12.5 Å². The van der Waals surface area contributed by atoms with Crippen molar-refractivity contribution in [1.29, 1.82) is 0 Å². The SMILES string of the molecule is CC(C)c1nc(COc2ccc(F)cc2[C@H](C)O)no1. The molecule has 108 valence electrons. The van der Waals surface area contributed by atoms with Crippen molar-refractivity contribution in [2.75, 3.05) is 0 Å². The summed E-state index contributed by atoms with van der Waals surface area (Å²) in [4.78, 5) is 4.18. The number of aliphatic hydroxyl groups is 1. The topological polar surface area (TPSA) is 68.4 Å². The molecule has 1 N–H and O–H groups in total. The van der Waals surface area contributed by atoms with Crippen LogP contribution in [0.3, 0.4) is 0 Å². The van der Waals surface area contributed by atoms with Gasteiger partial charge in [-0.2, -0.15) is 4.98 Å². The molecule has 0 bridgehead atoms. The van der Waals surface area contributed by atoms with Gasteiger partial charge in [-0.1, -0.05) is 19.0 Å². The molecule has 1 atom stereocenters. The van der Waals surface area contributed by atoms with Crippen LogP contribution in [0.1, 0.15) is 50.1 Å². The molecule has 2 rings (SSSR count). The molecule has 0 radical (unpaired) electrons. The van der Waals surface area contributed by atoms with Crippen molar-refractivity contribution in [3.63, 3.8) is 0 Å². The first-order chi connectivity index (χ1) is 9.47. The van der Waals surface area contributed by atoms with Crippen molar-refractivity contribution in [1.82, 2.24) is 10.1 Å². The van der Waals surface area contributed by atoms with Crippen molar-refractivity contribution in [3.05, 3.63) is 41.3 Å². The molecular weight excluding hydrogens is 263 g/mol. The Balaban J connectivity index is 2.10. The van der Waals surface area contributed by atoms with Gasteiger partial charge in [0.15, 0.2) is 6.61 Å². The van der Waals surface area contributed by atoms with Crippen molar-refractivity contribution >= 4 is 0 Å². The summed E-state index contributed by atoms with van der Waals surface area (Å²) in [6.07, 6.45) is -0.822. The van der Waals surface area contributed by atoms with Crippen molar-refractivity contribution in [2.24, 2.45) is 0 Å². The lowest BCUT2D eigenvalue weighted by Crippen LogP contribution is -2.03. The van der Waals surface area contributed by atoms with Crippen molar-refractivity contribution < 1.29 is 18.8 Å². The van der Waals surface area contributed by atoms with Crippen molar-refractivity contribution in [3.8, 4) is 5.75 Å². The van der Waals surface area contributed by atoms with Crippen LogP contribution in [0.25, 0.3) is 0 Å². The van der Waals surface area contributed by atoms with Gasteiger partial charge in [0.2, 0.25) is 11.7 Å². The summed E-state index contributed by atoms with van der Waals surface area (Å²) in [5, 5.41) is 13.4. The van der Waals surface area contributed by atoms with Crippen LogP contribution < -0.4 is 4.74 Å². The second-order valence-electron chi connectivity index (χ2n) is 4.85. The summed E-state index contributed by atoms with van der Waals surface area (Å²) < 4.78 is 23.7. The lowest BCUT2D eigenvalue weighted by Gasteiger charge is -2.12. The van der Waals surface area contributed by atoms with Gasteiger partial charge in [-0.15, -0.1) is 0 Å². The van der Waals surface area contributed by atoms with E-state index in [1.807, 2.05) is 13.8 Å². The highest BCUT2D eigenvalue weighted by atomic mass is 19.1. The van der Waals surface area contributed by atoms with E-state index in [1.165, 1.54) is 18.2 Å². The highest BCUT2D eigenvalue weighted by molar-refractivity contribution is 5.35. The molecule has 5 nitrogen and oxygen atoms in total. The minimum absolute atomic E-state index is 0.0988. The van der Waals surface area contributed by atoms with E-state index in [9.17, 15) is 9.50 Å². The molecule has 6 heteroatoms. The molecule has 0 amide bonds. The van der Waals surface area contributed by atoms with Crippen LogP contribution in [0.4, 0.5) is 4.39 Å². The Labute approximate surface area is 116 Å². The fourth-order valence-corrected chi connectivity index (χ4v) is 1.68. The van der Waals surface area contributed by atoms with Crippen LogP contribution in [0.15, 0.2) is 22.7 Å². The quantitative estimate of drug-likeness (QED) is 0.912. The average Bonchev–Trinajstić information content (AvgIpc) is 2.86. The van der Waals surface area contributed by atoms with Gasteiger partial charge in [-0.3, -0.25) is 0 Å². The first-order valence-corrected chi connectivity index (χ1v) is 6.40. The Hall–Kier alpha value is -1.95. The molecule has 0 saturated heterocycles. The number of halogens is 1. The first kappa shape index (κ1) is 14.5. The van der Waals surface area contributed by atoms with E-state index >= 15 is 0 Å². The zero-order chi connectivity index (χ0) is 14.7. The fraction of sp³-hybridized carbons (Fsp3) is 0.429. The number of aromatic nitrogens is 2. The van der Waals surface area contributed by atoms with Gasteiger partial charge in [-0.05, 0) is 25.1 Å². The predicted octanol–water partition coefficient (Wildman–Crippen LogP) is 2.96. The first-order valence-electron chi connectivity index (χ1n) is 6.40. The monoisotopic (exact) mass is 280 g/mol. The summed E-state index contributed by atoms with van der Waals surface area (Å²) in [6.45, 7) is 5.54. The lowest BCUT2D eigenvalue weighted by molar-refractivity contribution is 0.188. The van der Waals surface area contributed by atoms with Crippen LogP contribution in [-0.2, 0) is 6.61 Å². The maximum Gasteiger partial charge on any atom is 0.229 e. The number of aliphatic hydroxyl groups excluding tert-OH is 1. The molecule has 20 heavy (non-hydrogen) atoms. The molecule has 0 aliphatic rings. The number of rotatable bonds is 5. The molecule has 0 unspecified atom stereocenters. The van der Waals surface area contributed by atoms with Gasteiger partial charge in [0, 0.05) is 11.5 Å². The molecule has 0 aliphatic heterocycles. The summed E-state index contributed by atoms with van der Waals surface area (Å²) in [5.74, 6) is 1.08. The second-order valence-corrected chi connectivity index (χ2v) is 4.85. The number of hydrogen-bond donors (Lipinski definition) is 1. The zero-order valence-corrected chi connectivity index (χ0v) is 11.6. The minimum Gasteiger partial charge on any atom is -0.485 e. The van der Waals surface area contributed by atoms with Gasteiger partial charge in [0.05, 0.1) is 6.10 Å². The lowest BCUT2D eigenvalue weighted by atomic mass is 10.1. The smallest absolute Gasteiger partial charge is 0.229 e. The fourth-order valence-electron chi connectivity index (χ4n) is 1.68. The van der Waals surface area contributed by atoms with Crippen LogP contribution in [-0.4, -0.2) is 15.2 Å². The summed E-state index contributed by atoms with van der Waals surface area (Å²) >= 11 is 0. The van der Waals surface area contributed by atoms with E-state index in [0.717, 1.165) is 0 Å². The Morgan fingerprint density at radius 1 is 1.35 bits per heavy atom. The summed E-state index contributed by atoms with van der Waals surface area (Å²) in [7, 11) is 0. The van der Waals surface area contributed by atoms with E-state index in [2.05, 4.69) is 10.1 Å². The van der Waals surface area contributed by atoms with E-state index < -0.39 is 11.9 Å². The van der Waals surface area contributed by atoms with Gasteiger partial charge in [0.25, 0.3) is 0 Å². The summed E-state index contributed by atoms with van der Waals surface area (Å²) in [6, 6.07) is 3.99. The van der Waals surface area contributed by atoms with Gasteiger partial charge < -0.3 is 14.4 Å². The Bertz CT molecular complexity index is 582. The van der Waals surface area contributed by atoms with Crippen LogP contribution in [0.5, 0.6) is 5.75 Å². The zero-order valence-electron chi connectivity index (χ0n) is 11.6. The van der Waals surface area contributed by atoms with E-state index in [1.54, 1.807) is 6.92 Å². The highest BCUT2D eigenvalue weighted by Crippen LogP contribution is 2.26. The minimum atomic E-state index is -0.822. The second kappa shape index (κ2) is 6.00. The molecule has 1 heterocycles. The standard InChI is InChI=1S/C14H17FN2O3/c1-8(2)14-16-13(17-20-14)7-19-12-5-4-10(15)6-11(12)9(3)18/h4-6,8-9,18H,7H2,1-3H3/t9-/m0/s1.